The van der Waals surface area contributed by atoms with Gasteiger partial charge in [0.1, 0.15) is 0 Å². The second kappa shape index (κ2) is 5.95. The molecule has 0 aromatic heterocycles. The maximum absolute atomic E-state index is 13.1. The van der Waals surface area contributed by atoms with Crippen molar-refractivity contribution in [1.82, 2.24) is 0 Å². The van der Waals surface area contributed by atoms with Crippen LogP contribution in [0.3, 0.4) is 0 Å². The Kier molecular flexibility index (Phi) is 4.48. The molecule has 0 radical (unpaired) electrons. The number of carbonyl (C=O) groups excluding carboxylic acids is 1. The van der Waals surface area contributed by atoms with Gasteiger partial charge in [0.15, 0.2) is 11.6 Å². The van der Waals surface area contributed by atoms with Crippen LogP contribution < -0.4 is 5.32 Å². The quantitative estimate of drug-likeness (QED) is 0.752. The molecule has 0 aliphatic rings. The van der Waals surface area contributed by atoms with Crippen molar-refractivity contribution >= 4 is 46.4 Å². The minimum Gasteiger partial charge on any atom is -0.322 e. The van der Waals surface area contributed by atoms with E-state index in [-0.39, 0.29) is 10.6 Å². The molecule has 0 unspecified atom stereocenters. The summed E-state index contributed by atoms with van der Waals surface area (Å²) in [4.78, 5) is 12.0. The molecule has 0 bridgehead atoms. The van der Waals surface area contributed by atoms with Gasteiger partial charge in [-0.2, -0.15) is 0 Å². The minimum atomic E-state index is -1.16. The van der Waals surface area contributed by atoms with Crippen molar-refractivity contribution in [3.63, 3.8) is 0 Å². The summed E-state index contributed by atoms with van der Waals surface area (Å²) in [5.74, 6) is -2.99. The molecule has 1 amide bonds. The van der Waals surface area contributed by atoms with Crippen molar-refractivity contribution < 1.29 is 13.6 Å². The van der Waals surface area contributed by atoms with E-state index in [1.807, 2.05) is 0 Å². The van der Waals surface area contributed by atoms with Crippen molar-refractivity contribution in [2.45, 2.75) is 0 Å². The highest BCUT2D eigenvalue weighted by atomic mass is 35.5. The van der Waals surface area contributed by atoms with Gasteiger partial charge in [0.2, 0.25) is 0 Å². The summed E-state index contributed by atoms with van der Waals surface area (Å²) >= 11 is 17.3. The summed E-state index contributed by atoms with van der Waals surface area (Å²) in [5.41, 5.74) is 0.120. The first kappa shape index (κ1) is 15.0. The van der Waals surface area contributed by atoms with Crippen molar-refractivity contribution in [3.05, 3.63) is 62.6 Å². The van der Waals surface area contributed by atoms with Crippen molar-refractivity contribution in [1.29, 1.82) is 0 Å². The summed E-state index contributed by atoms with van der Waals surface area (Å²) in [6.07, 6.45) is 0. The highest BCUT2D eigenvalue weighted by molar-refractivity contribution is 6.36. The lowest BCUT2D eigenvalue weighted by molar-refractivity contribution is 0.102. The Bertz CT molecular complexity index is 671. The molecule has 1 N–H and O–H groups in total. The van der Waals surface area contributed by atoms with Crippen molar-refractivity contribution in [3.8, 4) is 0 Å². The molecule has 0 heterocycles. The molecule has 2 nitrogen and oxygen atoms in total. The molecule has 20 heavy (non-hydrogen) atoms. The van der Waals surface area contributed by atoms with Crippen molar-refractivity contribution in [2.24, 2.45) is 0 Å². The molecule has 0 spiro atoms. The highest BCUT2D eigenvalue weighted by Gasteiger charge is 2.15. The zero-order valence-electron chi connectivity index (χ0n) is 9.68. The van der Waals surface area contributed by atoms with E-state index in [2.05, 4.69) is 5.32 Å². The molecule has 0 fully saturated rings. The number of carbonyl (C=O) groups is 1. The number of nitrogens with one attached hydrogen (secondary N) is 1. The van der Waals surface area contributed by atoms with Gasteiger partial charge in [-0.3, -0.25) is 4.79 Å². The maximum atomic E-state index is 13.1. The fraction of sp³-hybridized carbons (Fsp3) is 0. The summed E-state index contributed by atoms with van der Waals surface area (Å²) in [6, 6.07) is 5.86. The van der Waals surface area contributed by atoms with Gasteiger partial charge in [0, 0.05) is 15.7 Å². The molecular formula is C13H6Cl3F2NO. The topological polar surface area (TPSA) is 29.1 Å². The van der Waals surface area contributed by atoms with Gasteiger partial charge in [-0.1, -0.05) is 34.8 Å². The summed E-state index contributed by atoms with van der Waals surface area (Å²) in [7, 11) is 0. The van der Waals surface area contributed by atoms with Crippen LogP contribution >= 0.6 is 34.8 Å². The van der Waals surface area contributed by atoms with Crippen LogP contribution in [0.4, 0.5) is 14.5 Å². The Morgan fingerprint density at radius 3 is 2.05 bits per heavy atom. The van der Waals surface area contributed by atoms with E-state index in [1.165, 1.54) is 18.2 Å². The smallest absolute Gasteiger partial charge is 0.257 e. The van der Waals surface area contributed by atoms with E-state index in [0.717, 1.165) is 12.1 Å². The largest absolute Gasteiger partial charge is 0.322 e. The Balaban J connectivity index is 2.30. The Hall–Kier alpha value is -1.36. The van der Waals surface area contributed by atoms with E-state index in [4.69, 9.17) is 34.8 Å². The van der Waals surface area contributed by atoms with E-state index < -0.39 is 17.5 Å². The average Bonchev–Trinajstić information content (AvgIpc) is 2.32. The van der Waals surface area contributed by atoms with Gasteiger partial charge < -0.3 is 5.32 Å². The standard InChI is InChI=1S/C13H6Cl3F2NO/c14-6-1-7(15)3-8(2-6)19-13(20)9-4-11(17)12(18)5-10(9)16/h1-5H,(H,19,20). The fourth-order valence-electron chi connectivity index (χ4n) is 1.52. The predicted octanol–water partition coefficient (Wildman–Crippen LogP) is 5.18. The van der Waals surface area contributed by atoms with Crippen LogP contribution in [0.5, 0.6) is 0 Å². The SMILES string of the molecule is O=C(Nc1cc(Cl)cc(Cl)c1)c1cc(F)c(F)cc1Cl. The number of amides is 1. The van der Waals surface area contributed by atoms with Gasteiger partial charge in [-0.25, -0.2) is 8.78 Å². The second-order valence-corrected chi connectivity index (χ2v) is 5.14. The Morgan fingerprint density at radius 2 is 1.45 bits per heavy atom. The number of rotatable bonds is 2. The first-order chi connectivity index (χ1) is 9.36. The lowest BCUT2D eigenvalue weighted by Gasteiger charge is -2.08. The number of benzene rings is 2. The van der Waals surface area contributed by atoms with Gasteiger partial charge in [0.25, 0.3) is 5.91 Å². The van der Waals surface area contributed by atoms with Gasteiger partial charge in [-0.05, 0) is 30.3 Å². The molecule has 0 saturated heterocycles. The van der Waals surface area contributed by atoms with Gasteiger partial charge in [-0.15, -0.1) is 0 Å². The van der Waals surface area contributed by atoms with Crippen LogP contribution in [0.15, 0.2) is 30.3 Å². The van der Waals surface area contributed by atoms with Crippen LogP contribution in [-0.4, -0.2) is 5.91 Å². The van der Waals surface area contributed by atoms with Crippen LogP contribution in [0.1, 0.15) is 10.4 Å². The zero-order valence-corrected chi connectivity index (χ0v) is 12.0. The monoisotopic (exact) mass is 335 g/mol. The maximum Gasteiger partial charge on any atom is 0.257 e. The molecule has 0 aliphatic carbocycles. The minimum absolute atomic E-state index is 0.193. The third-order valence-corrected chi connectivity index (χ3v) is 3.12. The molecule has 7 heteroatoms. The van der Waals surface area contributed by atoms with Crippen molar-refractivity contribution in [2.75, 3.05) is 5.32 Å². The number of halogens is 5. The fourth-order valence-corrected chi connectivity index (χ4v) is 2.28. The average molecular weight is 337 g/mol. The molecule has 104 valence electrons. The molecule has 0 saturated carbocycles. The Morgan fingerprint density at radius 1 is 0.900 bits per heavy atom. The van der Waals surface area contributed by atoms with Crippen LogP contribution in [-0.2, 0) is 0 Å². The summed E-state index contributed by atoms with van der Waals surface area (Å²) in [5, 5.41) is 2.89. The Labute approximate surface area is 128 Å². The lowest BCUT2D eigenvalue weighted by atomic mass is 10.2. The van der Waals surface area contributed by atoms with Gasteiger partial charge in [0.05, 0.1) is 10.6 Å². The molecule has 2 aromatic rings. The van der Waals surface area contributed by atoms with E-state index >= 15 is 0 Å². The summed E-state index contributed by atoms with van der Waals surface area (Å²) in [6.45, 7) is 0. The van der Waals surface area contributed by atoms with Gasteiger partial charge >= 0.3 is 0 Å². The molecule has 2 rings (SSSR count). The van der Waals surface area contributed by atoms with Crippen LogP contribution in [0.25, 0.3) is 0 Å². The lowest BCUT2D eigenvalue weighted by Crippen LogP contribution is -2.13. The zero-order chi connectivity index (χ0) is 14.9. The third-order valence-electron chi connectivity index (χ3n) is 2.38. The van der Waals surface area contributed by atoms with Crippen LogP contribution in [0, 0.1) is 11.6 Å². The number of hydrogen-bond donors (Lipinski definition) is 1. The number of anilines is 1. The second-order valence-electron chi connectivity index (χ2n) is 3.86. The molecular weight excluding hydrogens is 331 g/mol. The highest BCUT2D eigenvalue weighted by Crippen LogP contribution is 2.25. The summed E-state index contributed by atoms with van der Waals surface area (Å²) < 4.78 is 26.1. The first-order valence-corrected chi connectivity index (χ1v) is 6.42. The van der Waals surface area contributed by atoms with Crippen LogP contribution in [0.2, 0.25) is 15.1 Å². The number of hydrogen-bond acceptors (Lipinski definition) is 1. The normalized spacial score (nSPS) is 10.4. The van der Waals surface area contributed by atoms with E-state index in [0.29, 0.717) is 15.7 Å². The third kappa shape index (κ3) is 3.39. The molecule has 0 aliphatic heterocycles. The first-order valence-electron chi connectivity index (χ1n) is 5.29. The predicted molar refractivity (Wildman–Crippen MR) is 75.8 cm³/mol. The van der Waals surface area contributed by atoms with E-state index in [1.54, 1.807) is 0 Å². The van der Waals surface area contributed by atoms with E-state index in [9.17, 15) is 13.6 Å². The molecule has 2 aromatic carbocycles. The molecule has 0 atom stereocenters.